The molecule has 2 saturated carbocycles. The molecule has 1 saturated heterocycles. The fourth-order valence-corrected chi connectivity index (χ4v) is 5.53. The molecule has 3 fully saturated rings. The molecule has 0 bridgehead atoms. The molecule has 8 heteroatoms. The van der Waals surface area contributed by atoms with Gasteiger partial charge in [-0.1, -0.05) is 0 Å². The van der Waals surface area contributed by atoms with E-state index in [-0.39, 0.29) is 22.8 Å². The molecule has 1 aliphatic heterocycles. The van der Waals surface area contributed by atoms with Crippen LogP contribution in [0, 0.1) is 17.2 Å². The molecule has 1 N–H and O–H groups in total. The highest BCUT2D eigenvalue weighted by molar-refractivity contribution is 5.90. The van der Waals surface area contributed by atoms with Crippen LogP contribution >= 0.6 is 0 Å². The second kappa shape index (κ2) is 7.41. The molecular weight excluding hydrogens is 394 g/mol. The first-order valence-electron chi connectivity index (χ1n) is 11.2. The summed E-state index contributed by atoms with van der Waals surface area (Å²) in [6, 6.07) is 6.17. The van der Waals surface area contributed by atoms with E-state index in [4.69, 9.17) is 10.00 Å². The lowest BCUT2D eigenvalue weighted by atomic mass is 9.94. The predicted octanol–water partition coefficient (Wildman–Crippen LogP) is 2.24. The fraction of sp³-hybridized carbons (Fsp3) is 0.609. The van der Waals surface area contributed by atoms with E-state index in [0.29, 0.717) is 29.0 Å². The third-order valence-corrected chi connectivity index (χ3v) is 7.52. The van der Waals surface area contributed by atoms with Crippen molar-refractivity contribution < 1.29 is 4.74 Å². The SMILES string of the molecule is COc1c(N2CCC(C3(N(C)CCC#N)CC3)C2)ccc2c(=O)[nH]c(=O)n(C3CC3)c12. The number of ether oxygens (including phenoxy) is 1. The number of H-pyrrole nitrogens is 1. The minimum Gasteiger partial charge on any atom is -0.492 e. The van der Waals surface area contributed by atoms with Crippen molar-refractivity contribution in [3.05, 3.63) is 33.0 Å². The molecule has 8 nitrogen and oxygen atoms in total. The van der Waals surface area contributed by atoms with Crippen LogP contribution in [0.4, 0.5) is 5.69 Å². The van der Waals surface area contributed by atoms with E-state index in [1.165, 1.54) is 12.8 Å². The molecule has 1 unspecified atom stereocenters. The van der Waals surface area contributed by atoms with Crippen molar-refractivity contribution in [2.45, 2.75) is 50.1 Å². The summed E-state index contributed by atoms with van der Waals surface area (Å²) in [5, 5.41) is 9.46. The van der Waals surface area contributed by atoms with Gasteiger partial charge in [-0.15, -0.1) is 0 Å². The first-order valence-corrected chi connectivity index (χ1v) is 11.2. The molecule has 0 radical (unpaired) electrons. The van der Waals surface area contributed by atoms with Crippen LogP contribution in [0.3, 0.4) is 0 Å². The van der Waals surface area contributed by atoms with Crippen LogP contribution < -0.4 is 20.9 Å². The second-order valence-corrected chi connectivity index (χ2v) is 9.24. The van der Waals surface area contributed by atoms with Crippen LogP contribution in [0.15, 0.2) is 21.7 Å². The Kier molecular flexibility index (Phi) is 4.82. The lowest BCUT2D eigenvalue weighted by Gasteiger charge is -2.33. The number of aromatic nitrogens is 2. The lowest BCUT2D eigenvalue weighted by molar-refractivity contribution is 0.164. The van der Waals surface area contributed by atoms with E-state index < -0.39 is 0 Å². The summed E-state index contributed by atoms with van der Waals surface area (Å²) < 4.78 is 7.55. The maximum atomic E-state index is 12.6. The van der Waals surface area contributed by atoms with E-state index in [1.807, 2.05) is 12.1 Å². The third-order valence-electron chi connectivity index (χ3n) is 7.52. The van der Waals surface area contributed by atoms with Crippen LogP contribution in [0.2, 0.25) is 0 Å². The Labute approximate surface area is 181 Å². The molecule has 1 aromatic heterocycles. The van der Waals surface area contributed by atoms with Crippen molar-refractivity contribution in [2.75, 3.05) is 38.7 Å². The van der Waals surface area contributed by atoms with Crippen LogP contribution in [0.25, 0.3) is 10.9 Å². The summed E-state index contributed by atoms with van der Waals surface area (Å²) in [7, 11) is 3.76. The van der Waals surface area contributed by atoms with Gasteiger partial charge in [0.1, 0.15) is 5.52 Å². The van der Waals surface area contributed by atoms with Crippen molar-refractivity contribution in [1.29, 1.82) is 5.26 Å². The largest absolute Gasteiger partial charge is 0.492 e. The second-order valence-electron chi connectivity index (χ2n) is 9.24. The first kappa shape index (κ1) is 20.1. The van der Waals surface area contributed by atoms with Crippen molar-refractivity contribution in [2.24, 2.45) is 5.92 Å². The quantitative estimate of drug-likeness (QED) is 0.734. The number of aromatic amines is 1. The zero-order valence-corrected chi connectivity index (χ0v) is 18.2. The van der Waals surface area contributed by atoms with Gasteiger partial charge in [-0.25, -0.2) is 4.79 Å². The van der Waals surface area contributed by atoms with Gasteiger partial charge in [-0.2, -0.15) is 5.26 Å². The van der Waals surface area contributed by atoms with Gasteiger partial charge in [-0.3, -0.25) is 19.2 Å². The predicted molar refractivity (Wildman–Crippen MR) is 119 cm³/mol. The van der Waals surface area contributed by atoms with Gasteiger partial charge in [-0.05, 0) is 57.2 Å². The molecular formula is C23H29N5O3. The number of benzene rings is 1. The van der Waals surface area contributed by atoms with Crippen molar-refractivity contribution >= 4 is 16.6 Å². The van der Waals surface area contributed by atoms with Gasteiger partial charge < -0.3 is 9.64 Å². The zero-order valence-electron chi connectivity index (χ0n) is 18.2. The fourth-order valence-electron chi connectivity index (χ4n) is 5.53. The summed E-state index contributed by atoms with van der Waals surface area (Å²) in [5.74, 6) is 1.15. The number of hydrogen-bond acceptors (Lipinski definition) is 6. The molecule has 0 amide bonds. The summed E-state index contributed by atoms with van der Waals surface area (Å²) in [5.41, 5.74) is 1.05. The van der Waals surface area contributed by atoms with Gasteiger partial charge in [0, 0.05) is 37.6 Å². The van der Waals surface area contributed by atoms with Crippen LogP contribution in [0.5, 0.6) is 5.75 Å². The van der Waals surface area contributed by atoms with Crippen molar-refractivity contribution in [3.63, 3.8) is 0 Å². The Hall–Kier alpha value is -2.79. The Morgan fingerprint density at radius 2 is 2.06 bits per heavy atom. The van der Waals surface area contributed by atoms with Gasteiger partial charge in [0.15, 0.2) is 5.75 Å². The van der Waals surface area contributed by atoms with Gasteiger partial charge in [0.05, 0.1) is 24.3 Å². The minimum atomic E-state index is -0.364. The zero-order chi connectivity index (χ0) is 21.8. The summed E-state index contributed by atoms with van der Waals surface area (Å²) >= 11 is 0. The number of nitrogens with zero attached hydrogens (tertiary/aromatic N) is 4. The monoisotopic (exact) mass is 423 g/mol. The highest BCUT2D eigenvalue weighted by Crippen LogP contribution is 2.51. The Bertz CT molecular complexity index is 1170. The van der Waals surface area contributed by atoms with E-state index in [9.17, 15) is 9.59 Å². The van der Waals surface area contributed by atoms with Gasteiger partial charge in [0.2, 0.25) is 0 Å². The average Bonchev–Trinajstić information content (AvgIpc) is 3.70. The number of fused-ring (bicyclic) bond motifs is 1. The summed E-state index contributed by atoms with van der Waals surface area (Å²) in [4.78, 5) is 32.3. The van der Waals surface area contributed by atoms with E-state index in [1.54, 1.807) is 11.7 Å². The molecule has 5 rings (SSSR count). The van der Waals surface area contributed by atoms with Crippen molar-refractivity contribution in [1.82, 2.24) is 14.5 Å². The molecule has 31 heavy (non-hydrogen) atoms. The normalized spacial score (nSPS) is 22.1. The minimum absolute atomic E-state index is 0.130. The Morgan fingerprint density at radius 1 is 1.29 bits per heavy atom. The van der Waals surface area contributed by atoms with E-state index in [2.05, 4.69) is 27.9 Å². The van der Waals surface area contributed by atoms with Gasteiger partial charge in [0.25, 0.3) is 5.56 Å². The van der Waals surface area contributed by atoms with E-state index >= 15 is 0 Å². The third kappa shape index (κ3) is 3.23. The lowest BCUT2D eigenvalue weighted by Crippen LogP contribution is -2.42. The topological polar surface area (TPSA) is 94.4 Å². The number of methoxy groups -OCH3 is 1. The average molecular weight is 424 g/mol. The molecule has 0 spiro atoms. The Morgan fingerprint density at radius 3 is 2.71 bits per heavy atom. The number of rotatable bonds is 7. The van der Waals surface area contributed by atoms with Crippen molar-refractivity contribution in [3.8, 4) is 11.8 Å². The Balaban J connectivity index is 1.50. The molecule has 2 heterocycles. The standard InChI is InChI=1S/C23H29N5O3/c1-26(12-3-11-24)23(9-10-23)15-8-13-27(14-15)18-7-6-17-19(20(18)31-2)28(16-4-5-16)22(30)25-21(17)29/h6-7,15-16H,3-5,8-10,12-14H2,1-2H3,(H,25,29,30). The summed E-state index contributed by atoms with van der Waals surface area (Å²) in [6.45, 7) is 2.63. The van der Waals surface area contributed by atoms with Crippen LogP contribution in [-0.2, 0) is 0 Å². The van der Waals surface area contributed by atoms with Crippen LogP contribution in [0.1, 0.15) is 44.6 Å². The maximum absolute atomic E-state index is 12.6. The highest BCUT2D eigenvalue weighted by atomic mass is 16.5. The van der Waals surface area contributed by atoms with Gasteiger partial charge >= 0.3 is 5.69 Å². The number of anilines is 1. The first-order chi connectivity index (χ1) is 15.0. The van der Waals surface area contributed by atoms with E-state index in [0.717, 1.165) is 44.6 Å². The number of nitrogens with one attached hydrogen (secondary N) is 1. The summed E-state index contributed by atoms with van der Waals surface area (Å²) in [6.07, 6.45) is 5.89. The molecule has 3 aliphatic rings. The molecule has 1 atom stereocenters. The number of hydrogen-bond donors (Lipinski definition) is 1. The number of nitriles is 1. The van der Waals surface area contributed by atoms with Crippen LogP contribution in [-0.4, -0.2) is 53.8 Å². The molecule has 2 aliphatic carbocycles. The molecule has 1 aromatic carbocycles. The molecule has 164 valence electrons. The molecule has 2 aromatic rings. The maximum Gasteiger partial charge on any atom is 0.329 e. The smallest absolute Gasteiger partial charge is 0.329 e. The highest BCUT2D eigenvalue weighted by Gasteiger charge is 2.53.